The lowest BCUT2D eigenvalue weighted by atomic mass is 9.88. The highest BCUT2D eigenvalue weighted by molar-refractivity contribution is 5.91. The molecule has 0 radical (unpaired) electrons. The number of fused-ring (bicyclic) bond motifs is 2. The van der Waals surface area contributed by atoms with Crippen molar-refractivity contribution in [3.05, 3.63) is 53.6 Å². The first-order valence-electron chi connectivity index (χ1n) is 8.61. The Bertz CT molecular complexity index is 841. The van der Waals surface area contributed by atoms with Gasteiger partial charge in [0.2, 0.25) is 0 Å². The van der Waals surface area contributed by atoms with E-state index in [1.165, 1.54) is 29.3 Å². The zero-order chi connectivity index (χ0) is 18.1. The van der Waals surface area contributed by atoms with Gasteiger partial charge in [-0.1, -0.05) is 24.3 Å². The van der Waals surface area contributed by atoms with Crippen LogP contribution in [-0.4, -0.2) is 18.7 Å². The number of ether oxygens (including phenoxy) is 2. The van der Waals surface area contributed by atoms with Gasteiger partial charge in [-0.25, -0.2) is 0 Å². The molecule has 0 aromatic heterocycles. The van der Waals surface area contributed by atoms with E-state index in [1.54, 1.807) is 0 Å². The van der Waals surface area contributed by atoms with Crippen LogP contribution < -0.4 is 20.1 Å². The highest BCUT2D eigenvalue weighted by Gasteiger charge is 2.43. The Kier molecular flexibility index (Phi) is 4.24. The van der Waals surface area contributed by atoms with Crippen LogP contribution in [0.3, 0.4) is 0 Å². The smallest absolute Gasteiger partial charge is 0.395 e. The minimum absolute atomic E-state index is 0.0432. The molecule has 5 nitrogen and oxygen atoms in total. The minimum atomic E-state index is -3.66. The molecule has 0 bridgehead atoms. The van der Waals surface area contributed by atoms with Crippen molar-refractivity contribution >= 4 is 11.6 Å². The van der Waals surface area contributed by atoms with Crippen LogP contribution in [0.15, 0.2) is 42.5 Å². The van der Waals surface area contributed by atoms with Crippen LogP contribution in [0.1, 0.15) is 30.0 Å². The van der Waals surface area contributed by atoms with Crippen molar-refractivity contribution in [1.82, 2.24) is 0 Å². The molecule has 2 aromatic carbocycles. The van der Waals surface area contributed by atoms with Crippen molar-refractivity contribution in [2.45, 2.75) is 31.6 Å². The summed E-state index contributed by atoms with van der Waals surface area (Å²) in [6.07, 6.45) is -0.443. The SMILES string of the molecule is O=C(C[NH2+][C@H]1CCCc2ccccc21)Nc1ccc2c(c1)OC(F)(F)O2. The summed E-state index contributed by atoms with van der Waals surface area (Å²) >= 11 is 0. The molecule has 0 saturated carbocycles. The van der Waals surface area contributed by atoms with Crippen LogP contribution in [0.5, 0.6) is 11.5 Å². The molecule has 1 heterocycles. The minimum Gasteiger partial charge on any atom is -0.395 e. The number of halogens is 2. The molecule has 0 spiro atoms. The summed E-state index contributed by atoms with van der Waals surface area (Å²) in [4.78, 5) is 12.2. The molecule has 1 aliphatic carbocycles. The predicted molar refractivity (Wildman–Crippen MR) is 90.2 cm³/mol. The van der Waals surface area contributed by atoms with E-state index < -0.39 is 6.29 Å². The standard InChI is InChI=1S/C19H18F2N2O3/c20-19(21)25-16-9-8-13(10-17(16)26-19)23-18(24)11-22-15-7-3-5-12-4-1-2-6-14(12)15/h1-2,4,6,8-10,15,22H,3,5,7,11H2,(H,23,24)/p+1/t15-/m0/s1. The number of carbonyl (C=O) groups is 1. The lowest BCUT2D eigenvalue weighted by molar-refractivity contribution is -0.687. The van der Waals surface area contributed by atoms with Crippen LogP contribution in [0.25, 0.3) is 0 Å². The van der Waals surface area contributed by atoms with Gasteiger partial charge < -0.3 is 20.1 Å². The second-order valence-corrected chi connectivity index (χ2v) is 6.51. The largest absolute Gasteiger partial charge is 0.586 e. The fourth-order valence-electron chi connectivity index (χ4n) is 3.52. The van der Waals surface area contributed by atoms with Crippen molar-refractivity contribution in [2.24, 2.45) is 0 Å². The molecule has 4 rings (SSSR count). The maximum Gasteiger partial charge on any atom is 0.586 e. The molecule has 3 N–H and O–H groups in total. The topological polar surface area (TPSA) is 64.2 Å². The van der Waals surface area contributed by atoms with E-state index >= 15 is 0 Å². The van der Waals surface area contributed by atoms with E-state index in [0.29, 0.717) is 5.69 Å². The van der Waals surface area contributed by atoms with Gasteiger partial charge in [0, 0.05) is 23.7 Å². The van der Waals surface area contributed by atoms with E-state index in [1.807, 2.05) is 17.4 Å². The third kappa shape index (κ3) is 3.48. The third-order valence-electron chi connectivity index (χ3n) is 4.69. The maximum absolute atomic E-state index is 13.0. The van der Waals surface area contributed by atoms with Crippen LogP contribution in [0.2, 0.25) is 0 Å². The number of nitrogens with two attached hydrogens (primary N) is 1. The molecule has 0 saturated heterocycles. The number of nitrogens with one attached hydrogen (secondary N) is 1. The van der Waals surface area contributed by atoms with Crippen LogP contribution in [0, 0.1) is 0 Å². The van der Waals surface area contributed by atoms with Gasteiger partial charge >= 0.3 is 6.29 Å². The zero-order valence-corrected chi connectivity index (χ0v) is 14.0. The normalized spacial score (nSPS) is 19.7. The Balaban J connectivity index is 1.36. The van der Waals surface area contributed by atoms with E-state index in [2.05, 4.69) is 26.9 Å². The summed E-state index contributed by atoms with van der Waals surface area (Å²) in [5.74, 6) is -0.324. The Morgan fingerprint density at radius 2 is 2.00 bits per heavy atom. The number of hydrogen-bond donors (Lipinski definition) is 2. The average Bonchev–Trinajstić information content (AvgIpc) is 2.93. The number of alkyl halides is 2. The second-order valence-electron chi connectivity index (χ2n) is 6.51. The lowest BCUT2D eigenvalue weighted by Crippen LogP contribution is -2.87. The van der Waals surface area contributed by atoms with Gasteiger partial charge in [0.1, 0.15) is 6.04 Å². The van der Waals surface area contributed by atoms with Crippen LogP contribution in [-0.2, 0) is 11.2 Å². The number of amides is 1. The summed E-state index contributed by atoms with van der Waals surface area (Å²) in [5, 5.41) is 4.73. The summed E-state index contributed by atoms with van der Waals surface area (Å²) in [5.41, 5.74) is 3.03. The molecule has 7 heteroatoms. The molecule has 2 aliphatic rings. The second kappa shape index (κ2) is 6.57. The van der Waals surface area contributed by atoms with Gasteiger partial charge in [0.25, 0.3) is 5.91 Å². The van der Waals surface area contributed by atoms with Crippen molar-refractivity contribution < 1.29 is 28.4 Å². The van der Waals surface area contributed by atoms with E-state index in [9.17, 15) is 13.6 Å². The summed E-state index contributed by atoms with van der Waals surface area (Å²) in [6, 6.07) is 12.8. The van der Waals surface area contributed by atoms with Crippen molar-refractivity contribution in [3.63, 3.8) is 0 Å². The fraction of sp³-hybridized carbons (Fsp3) is 0.316. The first-order chi connectivity index (χ1) is 12.5. The number of rotatable bonds is 4. The van der Waals surface area contributed by atoms with E-state index in [-0.39, 0.29) is 30.0 Å². The molecular formula is C19H19F2N2O3+. The summed E-state index contributed by atoms with van der Waals surface area (Å²) in [7, 11) is 0. The van der Waals surface area contributed by atoms with E-state index in [4.69, 9.17) is 0 Å². The number of benzene rings is 2. The number of quaternary nitrogens is 1. The Morgan fingerprint density at radius 1 is 1.19 bits per heavy atom. The number of carbonyl (C=O) groups excluding carboxylic acids is 1. The van der Waals surface area contributed by atoms with Crippen molar-refractivity contribution in [3.8, 4) is 11.5 Å². The number of hydrogen-bond acceptors (Lipinski definition) is 3. The maximum atomic E-state index is 13.0. The van der Waals surface area contributed by atoms with Gasteiger partial charge in [0.15, 0.2) is 18.0 Å². The number of anilines is 1. The predicted octanol–water partition coefficient (Wildman–Crippen LogP) is 2.59. The summed E-state index contributed by atoms with van der Waals surface area (Å²) < 4.78 is 34.8. The summed E-state index contributed by atoms with van der Waals surface area (Å²) in [6.45, 7) is 0.254. The molecule has 0 fully saturated rings. The zero-order valence-electron chi connectivity index (χ0n) is 14.0. The highest BCUT2D eigenvalue weighted by atomic mass is 19.3. The number of aryl methyl sites for hydroxylation is 1. The Hall–Kier alpha value is -2.67. The third-order valence-corrected chi connectivity index (χ3v) is 4.69. The Labute approximate surface area is 149 Å². The molecular weight excluding hydrogens is 342 g/mol. The molecule has 1 atom stereocenters. The van der Waals surface area contributed by atoms with Gasteiger partial charge in [-0.05, 0) is 30.5 Å². The molecule has 26 heavy (non-hydrogen) atoms. The van der Waals surface area contributed by atoms with Crippen molar-refractivity contribution in [2.75, 3.05) is 11.9 Å². The first-order valence-corrected chi connectivity index (χ1v) is 8.61. The van der Waals surface area contributed by atoms with Crippen molar-refractivity contribution in [1.29, 1.82) is 0 Å². The molecule has 1 amide bonds. The average molecular weight is 361 g/mol. The van der Waals surface area contributed by atoms with E-state index in [0.717, 1.165) is 19.3 Å². The quantitative estimate of drug-likeness (QED) is 0.880. The fourth-order valence-corrected chi connectivity index (χ4v) is 3.52. The lowest BCUT2D eigenvalue weighted by Gasteiger charge is -2.23. The Morgan fingerprint density at radius 3 is 2.88 bits per heavy atom. The van der Waals surface area contributed by atoms with Gasteiger partial charge in [-0.15, -0.1) is 8.78 Å². The van der Waals surface area contributed by atoms with Gasteiger partial charge in [-0.2, -0.15) is 0 Å². The van der Waals surface area contributed by atoms with Crippen LogP contribution >= 0.6 is 0 Å². The van der Waals surface area contributed by atoms with Gasteiger partial charge in [0.05, 0.1) is 0 Å². The first kappa shape index (κ1) is 16.8. The van der Waals surface area contributed by atoms with Crippen LogP contribution in [0.4, 0.5) is 14.5 Å². The molecule has 0 unspecified atom stereocenters. The molecule has 1 aliphatic heterocycles. The highest BCUT2D eigenvalue weighted by Crippen LogP contribution is 2.42. The monoisotopic (exact) mass is 361 g/mol. The molecule has 136 valence electrons. The molecule has 2 aromatic rings. The van der Waals surface area contributed by atoms with Gasteiger partial charge in [-0.3, -0.25) is 4.79 Å².